The number of nitrogens with zero attached hydrogens (tertiary/aromatic N) is 1. The number of ketones is 1. The van der Waals surface area contributed by atoms with Gasteiger partial charge in [-0.2, -0.15) is 0 Å². The largest absolute Gasteiger partial charge is 0.302 e. The number of benzene rings is 2. The minimum atomic E-state index is 0.186. The number of aryl methyl sites for hydroxylation is 1. The fraction of sp³-hybridized carbons (Fsp3) is 0.476. The summed E-state index contributed by atoms with van der Waals surface area (Å²) in [6.07, 6.45) is 4.99. The van der Waals surface area contributed by atoms with Crippen molar-refractivity contribution in [3.63, 3.8) is 0 Å². The predicted molar refractivity (Wildman–Crippen MR) is 94.9 cm³/mol. The first kappa shape index (κ1) is 14.9. The number of carbonyl (C=O) groups is 1. The normalized spacial score (nSPS) is 22.4. The standard InChI is InChI=1S/C21H25NO/c1-15-4-7-18-12-19(9-8-17(18)11-15)21(23)20-3-2-10-22(14-20)13-16-5-6-16/h4,7-9,11-12,16,20H,2-3,5-6,10,13-14H2,1H3/t20-/m0/s1. The van der Waals surface area contributed by atoms with Crippen LogP contribution in [0.15, 0.2) is 36.4 Å². The number of likely N-dealkylation sites (tertiary alicyclic amines) is 1. The molecule has 0 amide bonds. The summed E-state index contributed by atoms with van der Waals surface area (Å²) in [6.45, 7) is 5.45. The highest BCUT2D eigenvalue weighted by Gasteiger charge is 2.30. The Morgan fingerprint density at radius 3 is 2.70 bits per heavy atom. The van der Waals surface area contributed by atoms with E-state index in [9.17, 15) is 4.79 Å². The van der Waals surface area contributed by atoms with E-state index in [2.05, 4.69) is 42.2 Å². The second-order valence-corrected chi connectivity index (χ2v) is 7.47. The molecule has 1 aliphatic carbocycles. The number of hydrogen-bond acceptors (Lipinski definition) is 2. The Labute approximate surface area is 138 Å². The minimum Gasteiger partial charge on any atom is -0.302 e. The van der Waals surface area contributed by atoms with E-state index in [1.54, 1.807) is 0 Å². The lowest BCUT2D eigenvalue weighted by Crippen LogP contribution is -2.39. The molecule has 1 saturated carbocycles. The quantitative estimate of drug-likeness (QED) is 0.778. The van der Waals surface area contributed by atoms with E-state index < -0.39 is 0 Å². The van der Waals surface area contributed by atoms with Crippen molar-refractivity contribution in [2.45, 2.75) is 32.6 Å². The van der Waals surface area contributed by atoms with Gasteiger partial charge in [0, 0.05) is 24.6 Å². The van der Waals surface area contributed by atoms with Gasteiger partial charge < -0.3 is 4.90 Å². The van der Waals surface area contributed by atoms with Crippen molar-refractivity contribution in [3.8, 4) is 0 Å². The number of hydrogen-bond donors (Lipinski definition) is 0. The van der Waals surface area contributed by atoms with Gasteiger partial charge in [-0.15, -0.1) is 0 Å². The fourth-order valence-electron chi connectivity index (χ4n) is 3.86. The van der Waals surface area contributed by atoms with Crippen LogP contribution >= 0.6 is 0 Å². The van der Waals surface area contributed by atoms with Crippen LogP contribution in [0.3, 0.4) is 0 Å². The van der Waals surface area contributed by atoms with Crippen molar-refractivity contribution in [1.82, 2.24) is 4.90 Å². The summed E-state index contributed by atoms with van der Waals surface area (Å²) in [4.78, 5) is 15.5. The van der Waals surface area contributed by atoms with E-state index >= 15 is 0 Å². The molecule has 4 rings (SSSR count). The molecule has 2 aromatic carbocycles. The molecule has 2 aromatic rings. The van der Waals surface area contributed by atoms with Gasteiger partial charge in [0.05, 0.1) is 0 Å². The van der Waals surface area contributed by atoms with Gasteiger partial charge >= 0.3 is 0 Å². The molecule has 1 heterocycles. The summed E-state index contributed by atoms with van der Waals surface area (Å²) in [5.41, 5.74) is 2.15. The Bertz CT molecular complexity index is 732. The van der Waals surface area contributed by atoms with Crippen LogP contribution in [0.25, 0.3) is 10.8 Å². The summed E-state index contributed by atoms with van der Waals surface area (Å²) in [5, 5.41) is 2.40. The Hall–Kier alpha value is -1.67. The first-order valence-electron chi connectivity index (χ1n) is 8.96. The number of carbonyl (C=O) groups excluding carboxylic acids is 1. The number of rotatable bonds is 4. The van der Waals surface area contributed by atoms with Gasteiger partial charge in [0.2, 0.25) is 0 Å². The van der Waals surface area contributed by atoms with Gasteiger partial charge in [-0.3, -0.25) is 4.79 Å². The average Bonchev–Trinajstić information content (AvgIpc) is 3.38. The molecule has 2 nitrogen and oxygen atoms in total. The number of piperidine rings is 1. The van der Waals surface area contributed by atoms with Crippen molar-refractivity contribution < 1.29 is 4.79 Å². The van der Waals surface area contributed by atoms with Crippen molar-refractivity contribution in [2.75, 3.05) is 19.6 Å². The van der Waals surface area contributed by atoms with Crippen LogP contribution in [-0.4, -0.2) is 30.3 Å². The highest BCUT2D eigenvalue weighted by Crippen LogP contribution is 2.32. The zero-order valence-corrected chi connectivity index (χ0v) is 13.9. The molecule has 0 unspecified atom stereocenters. The number of Topliss-reactive ketones (excluding diaryl/α,β-unsaturated/α-hetero) is 1. The molecule has 0 radical (unpaired) electrons. The molecule has 0 bridgehead atoms. The van der Waals surface area contributed by atoms with Crippen LogP contribution < -0.4 is 0 Å². The molecule has 23 heavy (non-hydrogen) atoms. The maximum atomic E-state index is 12.9. The summed E-state index contributed by atoms with van der Waals surface area (Å²) >= 11 is 0. The zero-order chi connectivity index (χ0) is 15.8. The highest BCUT2D eigenvalue weighted by atomic mass is 16.1. The van der Waals surface area contributed by atoms with E-state index in [-0.39, 0.29) is 5.92 Å². The maximum Gasteiger partial charge on any atom is 0.167 e. The van der Waals surface area contributed by atoms with Crippen LogP contribution in [0.4, 0.5) is 0 Å². The summed E-state index contributed by atoms with van der Waals surface area (Å²) in [6, 6.07) is 12.6. The third-order valence-electron chi connectivity index (χ3n) is 5.37. The van der Waals surface area contributed by atoms with Crippen LogP contribution in [-0.2, 0) is 0 Å². The van der Waals surface area contributed by atoms with Crippen LogP contribution in [0.2, 0.25) is 0 Å². The first-order chi connectivity index (χ1) is 11.2. The van der Waals surface area contributed by atoms with Crippen molar-refractivity contribution in [3.05, 3.63) is 47.5 Å². The molecule has 120 valence electrons. The van der Waals surface area contributed by atoms with Gasteiger partial charge in [-0.1, -0.05) is 35.9 Å². The van der Waals surface area contributed by atoms with E-state index in [0.717, 1.165) is 30.9 Å². The predicted octanol–water partition coefficient (Wildman–Crippen LogP) is 4.45. The van der Waals surface area contributed by atoms with Gasteiger partial charge in [0.15, 0.2) is 5.78 Å². The lowest BCUT2D eigenvalue weighted by molar-refractivity contribution is 0.0815. The molecule has 2 aliphatic rings. The summed E-state index contributed by atoms with van der Waals surface area (Å²) < 4.78 is 0. The molecule has 1 atom stereocenters. The third kappa shape index (κ3) is 3.32. The molecule has 1 aliphatic heterocycles. The van der Waals surface area contributed by atoms with Gasteiger partial charge in [-0.25, -0.2) is 0 Å². The van der Waals surface area contributed by atoms with E-state index in [0.29, 0.717) is 5.78 Å². The van der Waals surface area contributed by atoms with Crippen LogP contribution in [0.1, 0.15) is 41.6 Å². The van der Waals surface area contributed by atoms with Gasteiger partial charge in [-0.05, 0) is 61.9 Å². The smallest absolute Gasteiger partial charge is 0.167 e. The van der Waals surface area contributed by atoms with Crippen molar-refractivity contribution in [2.24, 2.45) is 11.8 Å². The molecule has 2 heteroatoms. The molecule has 2 fully saturated rings. The molecule has 1 saturated heterocycles. The average molecular weight is 307 g/mol. The lowest BCUT2D eigenvalue weighted by atomic mass is 9.89. The van der Waals surface area contributed by atoms with Crippen molar-refractivity contribution >= 4 is 16.6 Å². The third-order valence-corrected chi connectivity index (χ3v) is 5.37. The van der Waals surface area contributed by atoms with E-state index in [4.69, 9.17) is 0 Å². The van der Waals surface area contributed by atoms with Crippen LogP contribution in [0.5, 0.6) is 0 Å². The molecule has 0 aromatic heterocycles. The highest BCUT2D eigenvalue weighted by molar-refractivity contribution is 6.01. The molecule has 0 spiro atoms. The minimum absolute atomic E-state index is 0.186. The van der Waals surface area contributed by atoms with E-state index in [1.165, 1.54) is 42.3 Å². The topological polar surface area (TPSA) is 20.3 Å². The Balaban J connectivity index is 1.52. The lowest BCUT2D eigenvalue weighted by Gasteiger charge is -2.32. The number of fused-ring (bicyclic) bond motifs is 1. The second-order valence-electron chi connectivity index (χ2n) is 7.47. The maximum absolute atomic E-state index is 12.9. The SMILES string of the molecule is Cc1ccc2cc(C(=O)[C@H]3CCCN(CC4CC4)C3)ccc2c1. The van der Waals surface area contributed by atoms with Gasteiger partial charge in [0.1, 0.15) is 0 Å². The first-order valence-corrected chi connectivity index (χ1v) is 8.96. The second kappa shape index (κ2) is 6.09. The fourth-order valence-corrected chi connectivity index (χ4v) is 3.86. The van der Waals surface area contributed by atoms with E-state index in [1.807, 2.05) is 6.07 Å². The molecule has 0 N–H and O–H groups in total. The van der Waals surface area contributed by atoms with Crippen LogP contribution in [0, 0.1) is 18.8 Å². The Morgan fingerprint density at radius 1 is 1.09 bits per heavy atom. The summed E-state index contributed by atoms with van der Waals surface area (Å²) in [5.74, 6) is 1.44. The monoisotopic (exact) mass is 307 g/mol. The Morgan fingerprint density at radius 2 is 1.87 bits per heavy atom. The summed E-state index contributed by atoms with van der Waals surface area (Å²) in [7, 11) is 0. The Kier molecular flexibility index (Phi) is 3.94. The molecular weight excluding hydrogens is 282 g/mol. The molecular formula is C21H25NO. The van der Waals surface area contributed by atoms with Gasteiger partial charge in [0.25, 0.3) is 0 Å². The van der Waals surface area contributed by atoms with Crippen molar-refractivity contribution in [1.29, 1.82) is 0 Å². The zero-order valence-electron chi connectivity index (χ0n) is 13.9.